The van der Waals surface area contributed by atoms with Crippen LogP contribution in [0.1, 0.15) is 59.9 Å². The summed E-state index contributed by atoms with van der Waals surface area (Å²) in [4.78, 5) is 40.4. The molecule has 2 heterocycles. The third-order valence-corrected chi connectivity index (χ3v) is 6.33. The Morgan fingerprint density at radius 1 is 1.17 bits per heavy atom. The molecule has 1 fully saturated rings. The monoisotopic (exact) mass is 501 g/mol. The molecule has 36 heavy (non-hydrogen) atoms. The summed E-state index contributed by atoms with van der Waals surface area (Å²) >= 11 is 0. The number of alkyl carbamates (subject to hydrolysis) is 1. The first kappa shape index (κ1) is 27.4. The summed E-state index contributed by atoms with van der Waals surface area (Å²) in [6.07, 6.45) is 3.49. The molecule has 0 bridgehead atoms. The normalized spacial score (nSPS) is 17.7. The van der Waals surface area contributed by atoms with Gasteiger partial charge in [-0.05, 0) is 71.1 Å². The largest absolute Gasteiger partial charge is 0.497 e. The first-order valence-electron chi connectivity index (χ1n) is 12.5. The SMILES string of the molecule is COc1ccc2occ(C[C@@H]3CCCN3C(=O)[C@@H](NC(=O)[C@H](C)NC(=O)OC(C)(C)C)C(C)C)c2c1. The van der Waals surface area contributed by atoms with Crippen molar-refractivity contribution >= 4 is 28.9 Å². The minimum absolute atomic E-state index is 0.0000325. The maximum Gasteiger partial charge on any atom is 0.408 e. The second-order valence-corrected chi connectivity index (χ2v) is 10.8. The molecule has 0 aliphatic carbocycles. The van der Waals surface area contributed by atoms with E-state index in [1.165, 1.54) is 0 Å². The summed E-state index contributed by atoms with van der Waals surface area (Å²) < 4.78 is 16.3. The van der Waals surface area contributed by atoms with Gasteiger partial charge in [-0.3, -0.25) is 9.59 Å². The highest BCUT2D eigenvalue weighted by atomic mass is 16.6. The van der Waals surface area contributed by atoms with E-state index in [1.54, 1.807) is 41.1 Å². The molecule has 0 saturated carbocycles. The lowest BCUT2D eigenvalue weighted by molar-refractivity contribution is -0.138. The highest BCUT2D eigenvalue weighted by molar-refractivity contribution is 5.91. The van der Waals surface area contributed by atoms with Gasteiger partial charge in [0.15, 0.2) is 0 Å². The second-order valence-electron chi connectivity index (χ2n) is 10.8. The van der Waals surface area contributed by atoms with Crippen LogP contribution in [0.4, 0.5) is 4.79 Å². The van der Waals surface area contributed by atoms with Crippen molar-refractivity contribution in [2.24, 2.45) is 5.92 Å². The van der Waals surface area contributed by atoms with Crippen molar-refractivity contribution in [3.63, 3.8) is 0 Å². The van der Waals surface area contributed by atoms with Gasteiger partial charge < -0.3 is 29.4 Å². The van der Waals surface area contributed by atoms with Gasteiger partial charge in [-0.25, -0.2) is 4.79 Å². The standard InChI is InChI=1S/C27H39N3O6/c1-16(2)23(29-24(31)17(3)28-26(33)36-27(4,5)6)25(32)30-12-8-9-19(30)13-18-15-35-22-11-10-20(34-7)14-21(18)22/h10-11,14-17,19,23H,8-9,12-13H2,1-7H3,(H,28,33)(H,29,31)/t17-,19-,23-/m0/s1. The fourth-order valence-electron chi connectivity index (χ4n) is 4.46. The Hall–Kier alpha value is -3.23. The first-order valence-corrected chi connectivity index (χ1v) is 12.5. The fourth-order valence-corrected chi connectivity index (χ4v) is 4.46. The van der Waals surface area contributed by atoms with Gasteiger partial charge in [-0.15, -0.1) is 0 Å². The van der Waals surface area contributed by atoms with E-state index in [0.29, 0.717) is 13.0 Å². The zero-order valence-electron chi connectivity index (χ0n) is 22.3. The molecule has 1 saturated heterocycles. The summed E-state index contributed by atoms with van der Waals surface area (Å²) in [6, 6.07) is 4.13. The highest BCUT2D eigenvalue weighted by Crippen LogP contribution is 2.30. The molecular formula is C27H39N3O6. The number of fused-ring (bicyclic) bond motifs is 1. The van der Waals surface area contributed by atoms with Crippen LogP contribution in [0.5, 0.6) is 5.75 Å². The lowest BCUT2D eigenvalue weighted by Gasteiger charge is -2.31. The van der Waals surface area contributed by atoms with Crippen LogP contribution in [0.25, 0.3) is 11.0 Å². The van der Waals surface area contributed by atoms with Crippen LogP contribution in [-0.2, 0) is 20.7 Å². The quantitative estimate of drug-likeness (QED) is 0.565. The van der Waals surface area contributed by atoms with E-state index >= 15 is 0 Å². The maximum atomic E-state index is 13.6. The van der Waals surface area contributed by atoms with E-state index in [9.17, 15) is 14.4 Å². The van der Waals surface area contributed by atoms with Crippen molar-refractivity contribution < 1.29 is 28.3 Å². The van der Waals surface area contributed by atoms with Crippen LogP contribution in [0.2, 0.25) is 0 Å². The van der Waals surface area contributed by atoms with E-state index in [-0.39, 0.29) is 17.9 Å². The third kappa shape index (κ3) is 6.71. The molecule has 0 radical (unpaired) electrons. The number of amides is 3. The number of hydrogen-bond acceptors (Lipinski definition) is 6. The second kappa shape index (κ2) is 11.2. The number of carbonyl (C=O) groups excluding carboxylic acids is 3. The van der Waals surface area contributed by atoms with Crippen LogP contribution in [0.3, 0.4) is 0 Å². The van der Waals surface area contributed by atoms with Gasteiger partial charge in [-0.2, -0.15) is 0 Å². The Bertz CT molecular complexity index is 1090. The number of rotatable bonds is 8. The lowest BCUT2D eigenvalue weighted by atomic mass is 9.99. The molecular weight excluding hydrogens is 462 g/mol. The molecule has 2 aromatic rings. The molecule has 3 amide bonds. The molecule has 1 aromatic carbocycles. The minimum atomic E-state index is -0.851. The topological polar surface area (TPSA) is 110 Å². The summed E-state index contributed by atoms with van der Waals surface area (Å²) in [7, 11) is 1.63. The number of nitrogens with zero attached hydrogens (tertiary/aromatic N) is 1. The summed E-state index contributed by atoms with van der Waals surface area (Å²) in [5, 5.41) is 6.36. The van der Waals surface area contributed by atoms with Crippen LogP contribution in [-0.4, -0.2) is 60.2 Å². The van der Waals surface area contributed by atoms with Crippen molar-refractivity contribution in [1.82, 2.24) is 15.5 Å². The predicted octanol–water partition coefficient (Wildman–Crippen LogP) is 4.03. The van der Waals surface area contributed by atoms with E-state index in [2.05, 4.69) is 10.6 Å². The van der Waals surface area contributed by atoms with Gasteiger partial charge in [0.05, 0.1) is 13.4 Å². The summed E-state index contributed by atoms with van der Waals surface area (Å²) in [6.45, 7) is 11.2. The molecule has 3 rings (SSSR count). The Labute approximate surface area is 212 Å². The molecule has 9 nitrogen and oxygen atoms in total. The van der Waals surface area contributed by atoms with Crippen molar-refractivity contribution in [2.45, 2.75) is 84.5 Å². The van der Waals surface area contributed by atoms with Gasteiger partial charge in [0.25, 0.3) is 0 Å². The van der Waals surface area contributed by atoms with Gasteiger partial charge >= 0.3 is 6.09 Å². The number of carbonyl (C=O) groups is 3. The maximum absolute atomic E-state index is 13.6. The number of hydrogen-bond donors (Lipinski definition) is 2. The van der Waals surface area contributed by atoms with E-state index in [4.69, 9.17) is 13.9 Å². The number of nitrogens with one attached hydrogen (secondary N) is 2. The van der Waals surface area contributed by atoms with Gasteiger partial charge in [0.1, 0.15) is 29.0 Å². The first-order chi connectivity index (χ1) is 16.9. The zero-order chi connectivity index (χ0) is 26.6. The summed E-state index contributed by atoms with van der Waals surface area (Å²) in [5.41, 5.74) is 1.13. The van der Waals surface area contributed by atoms with Gasteiger partial charge in [0, 0.05) is 23.5 Å². The molecule has 0 spiro atoms. The van der Waals surface area contributed by atoms with Crippen LogP contribution < -0.4 is 15.4 Å². The van der Waals surface area contributed by atoms with Crippen molar-refractivity contribution in [2.75, 3.05) is 13.7 Å². The molecule has 2 N–H and O–H groups in total. The van der Waals surface area contributed by atoms with Crippen molar-refractivity contribution in [1.29, 1.82) is 0 Å². The average molecular weight is 502 g/mol. The van der Waals surface area contributed by atoms with Crippen molar-refractivity contribution in [3.05, 3.63) is 30.0 Å². The summed E-state index contributed by atoms with van der Waals surface area (Å²) in [5.74, 6) is 0.0731. The minimum Gasteiger partial charge on any atom is -0.497 e. The predicted molar refractivity (Wildman–Crippen MR) is 137 cm³/mol. The molecule has 3 atom stereocenters. The zero-order valence-corrected chi connectivity index (χ0v) is 22.3. The fraction of sp³-hybridized carbons (Fsp3) is 0.593. The third-order valence-electron chi connectivity index (χ3n) is 6.33. The highest BCUT2D eigenvalue weighted by Gasteiger charge is 2.36. The Morgan fingerprint density at radius 2 is 1.89 bits per heavy atom. The van der Waals surface area contributed by atoms with Gasteiger partial charge in [-0.1, -0.05) is 13.8 Å². The Balaban J connectivity index is 1.68. The van der Waals surface area contributed by atoms with E-state index in [0.717, 1.165) is 35.1 Å². The number of likely N-dealkylation sites (tertiary alicyclic amines) is 1. The Kier molecular flexibility index (Phi) is 8.53. The number of benzene rings is 1. The van der Waals surface area contributed by atoms with Crippen LogP contribution >= 0.6 is 0 Å². The van der Waals surface area contributed by atoms with Crippen LogP contribution in [0, 0.1) is 5.92 Å². The molecule has 1 aromatic heterocycles. The van der Waals surface area contributed by atoms with Gasteiger partial charge in [0.2, 0.25) is 11.8 Å². The molecule has 198 valence electrons. The van der Waals surface area contributed by atoms with Crippen molar-refractivity contribution in [3.8, 4) is 5.75 Å². The smallest absolute Gasteiger partial charge is 0.408 e. The molecule has 1 aliphatic heterocycles. The van der Waals surface area contributed by atoms with Crippen LogP contribution in [0.15, 0.2) is 28.9 Å². The molecule has 9 heteroatoms. The number of furan rings is 1. The number of methoxy groups -OCH3 is 1. The lowest BCUT2D eigenvalue weighted by Crippen LogP contribution is -2.56. The Morgan fingerprint density at radius 3 is 2.53 bits per heavy atom. The van der Waals surface area contributed by atoms with E-state index < -0.39 is 29.7 Å². The number of ether oxygens (including phenoxy) is 2. The molecule has 0 unspecified atom stereocenters. The van der Waals surface area contributed by atoms with E-state index in [1.807, 2.05) is 36.9 Å². The average Bonchev–Trinajstić information content (AvgIpc) is 3.42. The molecule has 1 aliphatic rings.